The fraction of sp³-hybridized carbons (Fsp3) is 0.838. The van der Waals surface area contributed by atoms with Crippen molar-refractivity contribution in [1.29, 1.82) is 0 Å². The maximum atomic E-state index is 13.3. The molecule has 6 saturated carbocycles. The molecule has 8 aliphatic rings. The van der Waals surface area contributed by atoms with E-state index in [9.17, 15) is 19.2 Å². The van der Waals surface area contributed by atoms with E-state index in [1.165, 1.54) is 55.9 Å². The van der Waals surface area contributed by atoms with Crippen molar-refractivity contribution in [2.45, 2.75) is 128 Å². The first-order valence-corrected chi connectivity index (χ1v) is 18.8. The summed E-state index contributed by atoms with van der Waals surface area (Å²) in [6, 6.07) is 0. The molecule has 1 heterocycles. The van der Waals surface area contributed by atoms with Crippen LogP contribution in [0.4, 0.5) is 0 Å². The third-order valence-corrected chi connectivity index (χ3v) is 15.3. The molecule has 0 spiro atoms. The van der Waals surface area contributed by atoms with Crippen LogP contribution in [0.3, 0.4) is 0 Å². The van der Waals surface area contributed by atoms with Gasteiger partial charge in [0, 0.05) is 36.5 Å². The summed E-state index contributed by atoms with van der Waals surface area (Å²) in [6.07, 6.45) is 16.7. The van der Waals surface area contributed by atoms with Crippen LogP contribution in [0.15, 0.2) is 11.6 Å². The van der Waals surface area contributed by atoms with E-state index < -0.39 is 5.60 Å². The Morgan fingerprint density at radius 1 is 0.978 bits per heavy atom. The molecule has 1 amide bonds. The molecule has 7 nitrogen and oxygen atoms in total. The summed E-state index contributed by atoms with van der Waals surface area (Å²) < 4.78 is 11.8. The number of esters is 1. The lowest BCUT2D eigenvalue weighted by Crippen LogP contribution is -2.55. The fourth-order valence-electron chi connectivity index (χ4n) is 12.0. The van der Waals surface area contributed by atoms with Gasteiger partial charge in [0.25, 0.3) is 0 Å². The quantitative estimate of drug-likeness (QED) is 0.225. The highest BCUT2D eigenvalue weighted by molar-refractivity contribution is 8.14. The summed E-state index contributed by atoms with van der Waals surface area (Å²) in [6.45, 7) is 7.51. The smallest absolute Gasteiger partial charge is 0.306 e. The molecular formula is C37H53NO6S. The van der Waals surface area contributed by atoms with Crippen molar-refractivity contribution in [1.82, 2.24) is 5.32 Å². The summed E-state index contributed by atoms with van der Waals surface area (Å²) in [5, 5.41) is 3.15. The molecule has 0 aromatic heterocycles. The molecule has 0 radical (unpaired) electrons. The van der Waals surface area contributed by atoms with Gasteiger partial charge in [0.2, 0.25) is 11.0 Å². The van der Waals surface area contributed by atoms with Crippen LogP contribution < -0.4 is 5.32 Å². The van der Waals surface area contributed by atoms with Crippen molar-refractivity contribution in [3.05, 3.63) is 11.6 Å². The van der Waals surface area contributed by atoms with Crippen LogP contribution >= 0.6 is 11.8 Å². The Hall–Kier alpha value is -1.67. The van der Waals surface area contributed by atoms with E-state index in [1.54, 1.807) is 0 Å². The van der Waals surface area contributed by atoms with Crippen LogP contribution in [0.25, 0.3) is 0 Å². The molecule has 4 unspecified atom stereocenters. The minimum absolute atomic E-state index is 0.00997. The van der Waals surface area contributed by atoms with E-state index >= 15 is 0 Å². The van der Waals surface area contributed by atoms with Crippen molar-refractivity contribution in [2.75, 3.05) is 19.8 Å². The average molecular weight is 640 g/mol. The van der Waals surface area contributed by atoms with Gasteiger partial charge in [-0.3, -0.25) is 19.2 Å². The summed E-state index contributed by atoms with van der Waals surface area (Å²) >= 11 is 1.39. The predicted octanol–water partition coefficient (Wildman–Crippen LogP) is 6.57. The van der Waals surface area contributed by atoms with E-state index in [-0.39, 0.29) is 50.9 Å². The molecule has 1 saturated heterocycles. The molecule has 248 valence electrons. The zero-order valence-corrected chi connectivity index (χ0v) is 28.4. The van der Waals surface area contributed by atoms with Gasteiger partial charge in [-0.2, -0.15) is 0 Å². The molecule has 8 rings (SSSR count). The van der Waals surface area contributed by atoms with Crippen molar-refractivity contribution in [3.8, 4) is 0 Å². The highest BCUT2D eigenvalue weighted by Crippen LogP contribution is 2.64. The van der Waals surface area contributed by atoms with Crippen LogP contribution in [-0.2, 0) is 28.7 Å². The molecular weight excluding hydrogens is 586 g/mol. The lowest BCUT2D eigenvalue weighted by atomic mass is 9.48. The van der Waals surface area contributed by atoms with Gasteiger partial charge in [0.1, 0.15) is 12.2 Å². The van der Waals surface area contributed by atoms with Gasteiger partial charge in [0.05, 0.1) is 6.61 Å². The van der Waals surface area contributed by atoms with Crippen molar-refractivity contribution < 1.29 is 28.7 Å². The van der Waals surface area contributed by atoms with Gasteiger partial charge in [-0.05, 0) is 130 Å². The lowest BCUT2D eigenvalue weighted by molar-refractivity contribution is -0.165. The number of cyclic esters (lactones) is 1. The number of amides is 1. The van der Waals surface area contributed by atoms with Crippen LogP contribution in [0.5, 0.6) is 0 Å². The third-order valence-electron chi connectivity index (χ3n) is 14.1. The number of allylic oxidation sites excluding steroid dienone is 2. The normalized spacial score (nSPS) is 45.0. The van der Waals surface area contributed by atoms with E-state index in [0.29, 0.717) is 44.2 Å². The molecule has 8 heteroatoms. The van der Waals surface area contributed by atoms with Gasteiger partial charge in [0.15, 0.2) is 5.78 Å². The zero-order chi connectivity index (χ0) is 31.6. The topological polar surface area (TPSA) is 98.8 Å². The third kappa shape index (κ3) is 5.98. The fourth-order valence-corrected chi connectivity index (χ4v) is 13.2. The zero-order valence-electron chi connectivity index (χ0n) is 27.6. The highest BCUT2D eigenvalue weighted by atomic mass is 32.2. The number of thioether (sulfide) groups is 1. The Bertz CT molecular complexity index is 1240. The first-order chi connectivity index (χ1) is 21.4. The second-order valence-electron chi connectivity index (χ2n) is 17.1. The Balaban J connectivity index is 0.934. The van der Waals surface area contributed by atoms with Crippen LogP contribution in [-0.4, -0.2) is 53.4 Å². The molecule has 0 aromatic carbocycles. The number of ether oxygens (including phenoxy) is 2. The maximum absolute atomic E-state index is 13.3. The van der Waals surface area contributed by atoms with Crippen LogP contribution in [0, 0.1) is 45.8 Å². The molecule has 6 atom stereocenters. The standard InChI is InChI=1S/C37H53NO6S/c1-34(36(3)9-6-32(41)44-36)7-5-29-28(20-34)30(16-26-15-27(39)4-8-35(26,29)2)45-33(42)22-43-11-10-38-31(40)21-37-17-23-12-24(18-37)14-25(13-23)19-37/h15,23-25,28-30H,4-14,16-22H2,1-3H3,(H,38,40)/t23?,24?,25?,28?,29?,30-,34?,35?,36-,37?/m1/s1. The van der Waals surface area contributed by atoms with E-state index in [0.717, 1.165) is 56.3 Å². The monoisotopic (exact) mass is 639 g/mol. The van der Waals surface area contributed by atoms with Gasteiger partial charge in [-0.15, -0.1) is 0 Å². The second kappa shape index (κ2) is 11.8. The minimum Gasteiger partial charge on any atom is -0.459 e. The van der Waals surface area contributed by atoms with E-state index in [2.05, 4.69) is 26.1 Å². The SMILES string of the molecule is CC12CCC(=O)C=C1C[C@@H](SC(=O)COCCNC(=O)CC13CC4CC(CC(C4)C1)C3)C1CC(C)([C@@]3(C)CCC(=O)O3)CCC12. The molecule has 1 aliphatic heterocycles. The van der Waals surface area contributed by atoms with Crippen molar-refractivity contribution in [3.63, 3.8) is 0 Å². The number of ketones is 1. The number of hydrogen-bond donors (Lipinski definition) is 1. The first kappa shape index (κ1) is 31.9. The summed E-state index contributed by atoms with van der Waals surface area (Å²) in [7, 11) is 0. The van der Waals surface area contributed by atoms with Gasteiger partial charge in [-0.1, -0.05) is 31.2 Å². The van der Waals surface area contributed by atoms with E-state index in [4.69, 9.17) is 9.47 Å². The largest absolute Gasteiger partial charge is 0.459 e. The molecule has 45 heavy (non-hydrogen) atoms. The average Bonchev–Trinajstić information content (AvgIpc) is 3.33. The molecule has 7 aliphatic carbocycles. The Kier molecular flexibility index (Phi) is 8.36. The van der Waals surface area contributed by atoms with Crippen LogP contribution in [0.2, 0.25) is 0 Å². The lowest BCUT2D eigenvalue weighted by Gasteiger charge is -2.59. The molecule has 1 N–H and O–H groups in total. The minimum atomic E-state index is -0.475. The van der Waals surface area contributed by atoms with Crippen molar-refractivity contribution >= 4 is 34.5 Å². The van der Waals surface area contributed by atoms with E-state index in [1.807, 2.05) is 6.08 Å². The Labute approximate surface area is 273 Å². The van der Waals surface area contributed by atoms with Gasteiger partial charge in [-0.25, -0.2) is 0 Å². The second-order valence-corrected chi connectivity index (χ2v) is 18.4. The number of carbonyl (C=O) groups excluding carboxylic acids is 4. The predicted molar refractivity (Wildman–Crippen MR) is 173 cm³/mol. The van der Waals surface area contributed by atoms with Gasteiger partial charge < -0.3 is 14.8 Å². The number of fused-ring (bicyclic) bond motifs is 3. The van der Waals surface area contributed by atoms with Crippen molar-refractivity contribution in [2.24, 2.45) is 45.8 Å². The number of rotatable bonds is 9. The first-order valence-electron chi connectivity index (χ1n) is 17.9. The Morgan fingerprint density at radius 3 is 2.36 bits per heavy atom. The Morgan fingerprint density at radius 2 is 1.69 bits per heavy atom. The summed E-state index contributed by atoms with van der Waals surface area (Å²) in [4.78, 5) is 50.9. The van der Waals surface area contributed by atoms with Gasteiger partial charge >= 0.3 is 5.97 Å². The van der Waals surface area contributed by atoms with Crippen LogP contribution in [0.1, 0.15) is 117 Å². The molecule has 0 aromatic rings. The number of carbonyl (C=O) groups is 4. The summed E-state index contributed by atoms with van der Waals surface area (Å²) in [5.41, 5.74) is 0.810. The number of hydrogen-bond acceptors (Lipinski definition) is 7. The maximum Gasteiger partial charge on any atom is 0.306 e. The highest BCUT2D eigenvalue weighted by Gasteiger charge is 2.60. The molecule has 4 bridgehead atoms. The number of nitrogens with one attached hydrogen (secondary N) is 1. The molecule has 7 fully saturated rings. The summed E-state index contributed by atoms with van der Waals surface area (Å²) in [5.74, 6) is 3.45.